The number of amides is 1. The molecule has 0 aromatic heterocycles. The minimum atomic E-state index is -3.59. The van der Waals surface area contributed by atoms with Crippen molar-refractivity contribution in [3.63, 3.8) is 0 Å². The van der Waals surface area contributed by atoms with Crippen molar-refractivity contribution in [2.75, 3.05) is 24.2 Å². The molecule has 1 saturated heterocycles. The minimum Gasteiger partial charge on any atom is -0.325 e. The van der Waals surface area contributed by atoms with Gasteiger partial charge in [0.05, 0.1) is 10.6 Å². The lowest BCUT2D eigenvalue weighted by molar-refractivity contribution is -0.113. The molecule has 9 heteroatoms. The molecular weight excluding hydrogens is 406 g/mol. The van der Waals surface area contributed by atoms with E-state index in [1.807, 2.05) is 0 Å². The van der Waals surface area contributed by atoms with E-state index in [1.165, 1.54) is 22.5 Å². The monoisotopic (exact) mass is 426 g/mol. The van der Waals surface area contributed by atoms with Gasteiger partial charge in [0, 0.05) is 29.7 Å². The maximum atomic E-state index is 13.6. The predicted molar refractivity (Wildman–Crippen MR) is 105 cm³/mol. The van der Waals surface area contributed by atoms with Gasteiger partial charge in [-0.25, -0.2) is 17.2 Å². The zero-order valence-corrected chi connectivity index (χ0v) is 16.7. The number of carbonyl (C=O) groups excluding carboxylic acids is 1. The molecule has 0 unspecified atom stereocenters. The summed E-state index contributed by atoms with van der Waals surface area (Å²) in [7, 11) is -3.59. The van der Waals surface area contributed by atoms with Crippen LogP contribution < -0.4 is 5.32 Å². The van der Waals surface area contributed by atoms with E-state index >= 15 is 0 Å². The minimum absolute atomic E-state index is 0.0916. The van der Waals surface area contributed by atoms with Crippen molar-refractivity contribution >= 4 is 33.4 Å². The van der Waals surface area contributed by atoms with E-state index in [-0.39, 0.29) is 15.5 Å². The van der Waals surface area contributed by atoms with Crippen LogP contribution in [0.3, 0.4) is 0 Å². The number of piperidine rings is 1. The van der Waals surface area contributed by atoms with Crippen molar-refractivity contribution < 1.29 is 22.0 Å². The van der Waals surface area contributed by atoms with Crippen molar-refractivity contribution in [2.24, 2.45) is 0 Å². The number of carbonyl (C=O) groups is 1. The number of halogens is 2. The molecule has 2 aromatic rings. The molecule has 150 valence electrons. The lowest BCUT2D eigenvalue weighted by Gasteiger charge is -2.26. The van der Waals surface area contributed by atoms with E-state index in [0.717, 1.165) is 43.2 Å². The zero-order valence-electron chi connectivity index (χ0n) is 15.0. The third-order valence-electron chi connectivity index (χ3n) is 4.32. The van der Waals surface area contributed by atoms with Crippen molar-refractivity contribution in [1.29, 1.82) is 0 Å². The van der Waals surface area contributed by atoms with Gasteiger partial charge in [-0.05, 0) is 43.2 Å². The molecule has 28 heavy (non-hydrogen) atoms. The SMILES string of the molecule is O=C(CSc1ccc(F)cc1F)Nc1cccc(S(=O)(=O)N2CCCCC2)c1. The summed E-state index contributed by atoms with van der Waals surface area (Å²) in [6.07, 6.45) is 2.70. The Labute approximate surface area is 167 Å². The number of anilines is 1. The topological polar surface area (TPSA) is 66.5 Å². The van der Waals surface area contributed by atoms with Crippen LogP contribution in [0.25, 0.3) is 0 Å². The zero-order chi connectivity index (χ0) is 20.1. The first-order valence-corrected chi connectivity index (χ1v) is 11.3. The van der Waals surface area contributed by atoms with Gasteiger partial charge >= 0.3 is 0 Å². The Hall–Kier alpha value is -1.97. The summed E-state index contributed by atoms with van der Waals surface area (Å²) in [6, 6.07) is 9.24. The van der Waals surface area contributed by atoms with Crippen molar-refractivity contribution in [3.05, 3.63) is 54.1 Å². The number of hydrogen-bond acceptors (Lipinski definition) is 4. The molecular formula is C19H20F2N2O3S2. The molecule has 5 nitrogen and oxygen atoms in total. The van der Waals surface area contributed by atoms with E-state index in [2.05, 4.69) is 5.32 Å². The Morgan fingerprint density at radius 3 is 2.54 bits per heavy atom. The fourth-order valence-electron chi connectivity index (χ4n) is 2.92. The maximum absolute atomic E-state index is 13.6. The number of nitrogens with one attached hydrogen (secondary N) is 1. The van der Waals surface area contributed by atoms with Gasteiger partial charge in [0.2, 0.25) is 15.9 Å². The summed E-state index contributed by atoms with van der Waals surface area (Å²) in [4.78, 5) is 12.4. The Bertz CT molecular complexity index is 961. The van der Waals surface area contributed by atoms with E-state index in [0.29, 0.717) is 18.8 Å². The second-order valence-electron chi connectivity index (χ2n) is 6.40. The number of hydrogen-bond donors (Lipinski definition) is 1. The predicted octanol–water partition coefficient (Wildman–Crippen LogP) is 3.87. The lowest BCUT2D eigenvalue weighted by Crippen LogP contribution is -2.35. The van der Waals surface area contributed by atoms with Gasteiger partial charge in [-0.1, -0.05) is 12.5 Å². The highest BCUT2D eigenvalue weighted by Gasteiger charge is 2.26. The summed E-state index contributed by atoms with van der Waals surface area (Å²) in [5.74, 6) is -1.92. The Kier molecular flexibility index (Phi) is 6.69. The van der Waals surface area contributed by atoms with Gasteiger partial charge in [-0.3, -0.25) is 4.79 Å². The largest absolute Gasteiger partial charge is 0.325 e. The van der Waals surface area contributed by atoms with Crippen LogP contribution in [0, 0.1) is 11.6 Å². The Morgan fingerprint density at radius 2 is 1.82 bits per heavy atom. The van der Waals surface area contributed by atoms with Gasteiger partial charge in [0.25, 0.3) is 0 Å². The highest BCUT2D eigenvalue weighted by molar-refractivity contribution is 8.00. The molecule has 0 radical (unpaired) electrons. The highest BCUT2D eigenvalue weighted by Crippen LogP contribution is 2.24. The Balaban J connectivity index is 1.64. The van der Waals surface area contributed by atoms with Crippen LogP contribution in [0.15, 0.2) is 52.3 Å². The van der Waals surface area contributed by atoms with Gasteiger partial charge in [-0.15, -0.1) is 11.8 Å². The molecule has 1 aliphatic rings. The first-order valence-electron chi connectivity index (χ1n) is 8.84. The highest BCUT2D eigenvalue weighted by atomic mass is 32.2. The van der Waals surface area contributed by atoms with Crippen molar-refractivity contribution in [3.8, 4) is 0 Å². The maximum Gasteiger partial charge on any atom is 0.243 e. The first-order chi connectivity index (χ1) is 13.4. The molecule has 1 heterocycles. The molecule has 1 fully saturated rings. The average Bonchev–Trinajstić information content (AvgIpc) is 2.68. The third kappa shape index (κ3) is 5.09. The van der Waals surface area contributed by atoms with Gasteiger partial charge in [0.1, 0.15) is 11.6 Å². The molecule has 1 N–H and O–H groups in total. The fourth-order valence-corrected chi connectivity index (χ4v) is 5.20. The van der Waals surface area contributed by atoms with Crippen LogP contribution >= 0.6 is 11.8 Å². The normalized spacial score (nSPS) is 15.4. The molecule has 1 aliphatic heterocycles. The smallest absolute Gasteiger partial charge is 0.243 e. The van der Waals surface area contributed by atoms with Crippen molar-refractivity contribution in [1.82, 2.24) is 4.31 Å². The standard InChI is InChI=1S/C19H20F2N2O3S2/c20-14-7-8-18(17(21)11-14)27-13-19(24)22-15-5-4-6-16(12-15)28(25,26)23-9-2-1-3-10-23/h4-8,11-12H,1-3,9-10,13H2,(H,22,24). The number of thioether (sulfide) groups is 1. The molecule has 0 atom stereocenters. The molecule has 2 aromatic carbocycles. The van der Waals surface area contributed by atoms with Crippen LogP contribution in [-0.2, 0) is 14.8 Å². The second kappa shape index (κ2) is 9.02. The Morgan fingerprint density at radius 1 is 1.07 bits per heavy atom. The number of benzene rings is 2. The van der Waals surface area contributed by atoms with Crippen molar-refractivity contribution in [2.45, 2.75) is 29.1 Å². The third-order valence-corrected chi connectivity index (χ3v) is 7.27. The molecule has 0 spiro atoms. The van der Waals surface area contributed by atoms with Gasteiger partial charge in [0.15, 0.2) is 0 Å². The van der Waals surface area contributed by atoms with Gasteiger partial charge < -0.3 is 5.32 Å². The van der Waals surface area contributed by atoms with E-state index in [9.17, 15) is 22.0 Å². The van der Waals surface area contributed by atoms with Crippen LogP contribution in [0.5, 0.6) is 0 Å². The van der Waals surface area contributed by atoms with E-state index in [1.54, 1.807) is 12.1 Å². The van der Waals surface area contributed by atoms with E-state index < -0.39 is 27.6 Å². The summed E-state index contributed by atoms with van der Waals surface area (Å²) >= 11 is 0.935. The number of rotatable bonds is 6. The summed E-state index contributed by atoms with van der Waals surface area (Å²) in [5, 5.41) is 2.62. The van der Waals surface area contributed by atoms with E-state index in [4.69, 9.17) is 0 Å². The van der Waals surface area contributed by atoms with Crippen LogP contribution in [0.2, 0.25) is 0 Å². The number of sulfonamides is 1. The molecule has 0 aliphatic carbocycles. The average molecular weight is 427 g/mol. The summed E-state index contributed by atoms with van der Waals surface area (Å²) in [5.41, 5.74) is 0.350. The quantitative estimate of drug-likeness (QED) is 0.712. The van der Waals surface area contributed by atoms with Crippen LogP contribution in [0.1, 0.15) is 19.3 Å². The molecule has 0 bridgehead atoms. The molecule has 0 saturated carbocycles. The van der Waals surface area contributed by atoms with Crippen LogP contribution in [0.4, 0.5) is 14.5 Å². The second-order valence-corrected chi connectivity index (χ2v) is 9.36. The fraction of sp³-hybridized carbons (Fsp3) is 0.316. The van der Waals surface area contributed by atoms with Crippen LogP contribution in [-0.4, -0.2) is 37.5 Å². The number of nitrogens with zero attached hydrogens (tertiary/aromatic N) is 1. The molecule has 1 amide bonds. The first kappa shape index (κ1) is 20.8. The summed E-state index contributed by atoms with van der Waals surface area (Å²) in [6.45, 7) is 0.998. The molecule has 3 rings (SSSR count). The summed E-state index contributed by atoms with van der Waals surface area (Å²) < 4.78 is 53.5. The van der Waals surface area contributed by atoms with Gasteiger partial charge in [-0.2, -0.15) is 4.31 Å². The lowest BCUT2D eigenvalue weighted by atomic mass is 10.2.